The number of unbranched alkanes of at least 4 members (excludes halogenated alkanes) is 2. The van der Waals surface area contributed by atoms with Crippen molar-refractivity contribution in [1.82, 2.24) is 0 Å². The van der Waals surface area contributed by atoms with E-state index in [9.17, 15) is 0 Å². The number of nitrogens with one attached hydrogen (secondary N) is 2. The maximum absolute atomic E-state index is 7.14. The van der Waals surface area contributed by atoms with Gasteiger partial charge in [0, 0.05) is 0 Å². The van der Waals surface area contributed by atoms with Gasteiger partial charge in [-0.1, -0.05) is 90.9 Å². The number of hydrogen-bond donors (Lipinski definition) is 0. The van der Waals surface area contributed by atoms with Crippen LogP contribution in [0.4, 0.5) is 0 Å². The molecule has 0 rings (SSSR count). The van der Waals surface area contributed by atoms with Crippen LogP contribution in [0.2, 0.25) is 0 Å². The smallest absolute Gasteiger partial charge is 0.677 e. The van der Waals surface area contributed by atoms with Gasteiger partial charge in [0.2, 0.25) is 0 Å². The molecular weight excluding hydrogens is 234 g/mol. The molecule has 4 heteroatoms. The van der Waals surface area contributed by atoms with Gasteiger partial charge < -0.3 is 11.5 Å². The molecule has 2 N–H and O–H groups in total. The quantitative estimate of drug-likeness (QED) is 0.520. The summed E-state index contributed by atoms with van der Waals surface area (Å²) in [6, 6.07) is 0. The first-order valence-corrected chi connectivity index (χ1v) is 7.99. The Balaban J connectivity index is -0.000000116. The molecule has 0 fully saturated rings. The molecule has 2 nitrogen and oxygen atoms in total. The van der Waals surface area contributed by atoms with E-state index in [1.807, 2.05) is 0 Å². The normalized spacial score (nSPS) is 12.3. The van der Waals surface area contributed by atoms with E-state index in [-0.39, 0.29) is 37.7 Å². The summed E-state index contributed by atoms with van der Waals surface area (Å²) in [5.74, 6) is 1.34. The van der Waals surface area contributed by atoms with Gasteiger partial charge in [0.15, 0.2) is 0 Å². The van der Waals surface area contributed by atoms with Crippen molar-refractivity contribution in [2.24, 2.45) is 11.8 Å². The van der Waals surface area contributed by atoms with E-state index in [4.69, 9.17) is 11.5 Å². The first-order chi connectivity index (χ1) is 8.69. The Hall–Kier alpha value is 1.11. The fourth-order valence-corrected chi connectivity index (χ4v) is 1.89. The van der Waals surface area contributed by atoms with Crippen molar-refractivity contribution in [3.63, 3.8) is 0 Å². The Kier molecular flexibility index (Phi) is 36.6. The minimum absolute atomic E-state index is 0. The molecule has 20 heavy (non-hydrogen) atoms. The van der Waals surface area contributed by atoms with E-state index in [0.717, 1.165) is 0 Å². The largest absolute Gasteiger partial charge is 1.00 e. The van der Waals surface area contributed by atoms with Crippen molar-refractivity contribution in [3.8, 4) is 0 Å². The van der Waals surface area contributed by atoms with Crippen LogP contribution in [0, 0.1) is 11.8 Å². The van der Waals surface area contributed by atoms with E-state index >= 15 is 0 Å². The molecule has 0 spiro atoms. The summed E-state index contributed by atoms with van der Waals surface area (Å²) in [7, 11) is 0. The van der Waals surface area contributed by atoms with Gasteiger partial charge >= 0.3 is 37.7 Å². The maximum Gasteiger partial charge on any atom is 1.00 e. The van der Waals surface area contributed by atoms with E-state index < -0.39 is 0 Å². The van der Waals surface area contributed by atoms with Crippen LogP contribution < -0.4 is 37.7 Å². The van der Waals surface area contributed by atoms with Crippen LogP contribution in [0.5, 0.6) is 0 Å². The van der Waals surface area contributed by atoms with Crippen molar-refractivity contribution >= 4 is 0 Å². The van der Waals surface area contributed by atoms with Gasteiger partial charge in [0.05, 0.1) is 0 Å². The molecule has 2 atom stereocenters. The van der Waals surface area contributed by atoms with Crippen molar-refractivity contribution < 1.29 is 37.7 Å². The van der Waals surface area contributed by atoms with Crippen molar-refractivity contribution in [2.75, 3.05) is 13.1 Å². The fourth-order valence-electron chi connectivity index (χ4n) is 1.89. The van der Waals surface area contributed by atoms with Crippen LogP contribution in [0.3, 0.4) is 0 Å². The van der Waals surface area contributed by atoms with Gasteiger partial charge in [0.25, 0.3) is 0 Å². The van der Waals surface area contributed by atoms with Crippen LogP contribution >= 0.6 is 0 Å². The molecule has 0 bridgehead atoms. The summed E-state index contributed by atoms with van der Waals surface area (Å²) in [6.45, 7) is 10.0. The Morgan fingerprint density at radius 3 is 1.10 bits per heavy atom. The molecule has 2 unspecified atom stereocenters. The van der Waals surface area contributed by atoms with Crippen LogP contribution in [-0.2, 0) is 0 Å². The van der Waals surface area contributed by atoms with Gasteiger partial charge in [-0.3, -0.25) is 0 Å². The van der Waals surface area contributed by atoms with Gasteiger partial charge in [0.1, 0.15) is 0 Å². The monoisotopic (exact) mass is 270 g/mol. The Labute approximate surface area is 152 Å². The Morgan fingerprint density at radius 2 is 0.950 bits per heavy atom. The minimum Gasteiger partial charge on any atom is -0.677 e. The molecule has 112 valence electrons. The predicted molar refractivity (Wildman–Crippen MR) is 85.0 cm³/mol. The zero-order valence-electron chi connectivity index (χ0n) is 15.2. The Morgan fingerprint density at radius 1 is 0.650 bits per heavy atom. The molecule has 0 saturated carbocycles. The average Bonchev–Trinajstić information content (AvgIpc) is 2.42. The molecule has 0 aliphatic heterocycles. The second-order valence-electron chi connectivity index (χ2n) is 5.24. The van der Waals surface area contributed by atoms with E-state index in [0.29, 0.717) is 24.9 Å². The summed E-state index contributed by atoms with van der Waals surface area (Å²) in [6.07, 6.45) is 10.0. The standard InChI is InChI=1S/2C8H18N.2Li/c2*1-3-5-6-8(4-2)7-9;;/h2*8-9H,3-7H2,1-2H3;;/q2*-1;2*+1. The van der Waals surface area contributed by atoms with Crippen molar-refractivity contribution in [3.05, 3.63) is 11.5 Å². The molecule has 0 aromatic carbocycles. The van der Waals surface area contributed by atoms with Crippen LogP contribution in [0.1, 0.15) is 79.1 Å². The second kappa shape index (κ2) is 25.1. The van der Waals surface area contributed by atoms with E-state index in [1.54, 1.807) is 0 Å². The zero-order valence-corrected chi connectivity index (χ0v) is 15.2. The van der Waals surface area contributed by atoms with Crippen molar-refractivity contribution in [2.45, 2.75) is 79.1 Å². The number of rotatable bonds is 10. The molecule has 0 aliphatic rings. The van der Waals surface area contributed by atoms with E-state index in [1.165, 1.54) is 51.4 Å². The molecule has 0 amide bonds. The summed E-state index contributed by atoms with van der Waals surface area (Å²) in [5.41, 5.74) is 14.3. The first kappa shape index (κ1) is 29.2. The molecule has 0 aliphatic carbocycles. The second-order valence-corrected chi connectivity index (χ2v) is 5.24. The van der Waals surface area contributed by atoms with Crippen LogP contribution in [0.15, 0.2) is 0 Å². The van der Waals surface area contributed by atoms with Gasteiger partial charge in [-0.05, 0) is 0 Å². The molecule has 0 saturated heterocycles. The third kappa shape index (κ3) is 21.4. The zero-order chi connectivity index (χ0) is 14.2. The summed E-state index contributed by atoms with van der Waals surface area (Å²) >= 11 is 0. The van der Waals surface area contributed by atoms with Crippen molar-refractivity contribution in [1.29, 1.82) is 0 Å². The van der Waals surface area contributed by atoms with Gasteiger partial charge in [-0.15, -0.1) is 13.1 Å². The third-order valence-electron chi connectivity index (χ3n) is 3.66. The molecule has 0 radical (unpaired) electrons. The summed E-state index contributed by atoms with van der Waals surface area (Å²) in [4.78, 5) is 0. The number of hydrogen-bond acceptors (Lipinski definition) is 0. The molecule has 0 aromatic heterocycles. The molecule has 0 heterocycles. The topological polar surface area (TPSA) is 47.6 Å². The average molecular weight is 270 g/mol. The summed E-state index contributed by atoms with van der Waals surface area (Å²) < 4.78 is 0. The fraction of sp³-hybridized carbons (Fsp3) is 1.00. The van der Waals surface area contributed by atoms with Gasteiger partial charge in [-0.25, -0.2) is 0 Å². The van der Waals surface area contributed by atoms with Crippen LogP contribution in [0.25, 0.3) is 11.5 Å². The first-order valence-electron chi connectivity index (χ1n) is 7.99. The van der Waals surface area contributed by atoms with Gasteiger partial charge in [-0.2, -0.15) is 0 Å². The summed E-state index contributed by atoms with van der Waals surface area (Å²) in [5, 5.41) is 0. The molecule has 0 aromatic rings. The van der Waals surface area contributed by atoms with Crippen LogP contribution in [-0.4, -0.2) is 13.1 Å². The maximum atomic E-state index is 7.14. The predicted octanol–water partition coefficient (Wildman–Crippen LogP) is 0.518. The SMILES string of the molecule is CCCCC(CC)C[NH-].CCCCC(CC)C[NH-].[Li+].[Li+]. The third-order valence-corrected chi connectivity index (χ3v) is 3.66. The van der Waals surface area contributed by atoms with E-state index in [2.05, 4.69) is 27.7 Å². The Bertz CT molecular complexity index is 122. The molecular formula is C16H36Li2N2. The minimum atomic E-state index is 0.